The lowest BCUT2D eigenvalue weighted by atomic mass is 10.2. The van der Waals surface area contributed by atoms with Gasteiger partial charge in [0.25, 0.3) is 0 Å². The highest BCUT2D eigenvalue weighted by Crippen LogP contribution is 2.38. The fourth-order valence-electron chi connectivity index (χ4n) is 1.51. The molecular weight excluding hydrogens is 216 g/mol. The van der Waals surface area contributed by atoms with Crippen molar-refractivity contribution in [1.82, 2.24) is 10.6 Å². The van der Waals surface area contributed by atoms with E-state index in [2.05, 4.69) is 23.8 Å². The number of hydrogen-bond donors (Lipinski definition) is 2. The number of rotatable bonds is 6. The summed E-state index contributed by atoms with van der Waals surface area (Å²) in [7, 11) is 0. The van der Waals surface area contributed by atoms with Crippen LogP contribution in [0.4, 0.5) is 0 Å². The minimum absolute atomic E-state index is 0.0523. The summed E-state index contributed by atoms with van der Waals surface area (Å²) >= 11 is 0. The van der Waals surface area contributed by atoms with Crippen LogP contribution in [0.1, 0.15) is 20.3 Å². The smallest absolute Gasteiger partial charge is 0.224 e. The highest BCUT2D eigenvalue weighted by Gasteiger charge is 2.47. The molecule has 4 nitrogen and oxygen atoms in total. The van der Waals surface area contributed by atoms with Crippen LogP contribution >= 0.6 is 0 Å². The van der Waals surface area contributed by atoms with Gasteiger partial charge in [-0.25, -0.2) is 0 Å². The third-order valence-corrected chi connectivity index (χ3v) is 2.59. The summed E-state index contributed by atoms with van der Waals surface area (Å²) in [6.07, 6.45) is 0.643. The van der Waals surface area contributed by atoms with Gasteiger partial charge in [0.15, 0.2) is 0 Å². The molecule has 0 spiro atoms. The van der Waals surface area contributed by atoms with Crippen molar-refractivity contribution >= 4 is 11.8 Å². The van der Waals surface area contributed by atoms with E-state index in [9.17, 15) is 9.59 Å². The summed E-state index contributed by atoms with van der Waals surface area (Å²) in [6.45, 7) is 12.1. The molecule has 4 heteroatoms. The van der Waals surface area contributed by atoms with Crippen LogP contribution in [0, 0.1) is 11.8 Å². The molecule has 0 aromatic rings. The van der Waals surface area contributed by atoms with Gasteiger partial charge in [0, 0.05) is 13.1 Å². The molecule has 0 unspecified atom stereocenters. The molecule has 1 fully saturated rings. The predicted octanol–water partition coefficient (Wildman–Crippen LogP) is 1.01. The molecule has 0 aromatic carbocycles. The summed E-state index contributed by atoms with van der Waals surface area (Å²) in [4.78, 5) is 23.2. The zero-order chi connectivity index (χ0) is 13.0. The molecule has 0 radical (unpaired) electrons. The average Bonchev–Trinajstić information content (AvgIpc) is 3.02. The lowest BCUT2D eigenvalue weighted by molar-refractivity contribution is -0.127. The maximum atomic E-state index is 11.6. The van der Waals surface area contributed by atoms with Crippen molar-refractivity contribution in [3.63, 3.8) is 0 Å². The fourth-order valence-corrected chi connectivity index (χ4v) is 1.51. The van der Waals surface area contributed by atoms with Gasteiger partial charge < -0.3 is 10.6 Å². The molecule has 17 heavy (non-hydrogen) atoms. The highest BCUT2D eigenvalue weighted by atomic mass is 16.2. The second-order valence-electron chi connectivity index (χ2n) is 4.80. The maximum absolute atomic E-state index is 11.6. The van der Waals surface area contributed by atoms with Gasteiger partial charge >= 0.3 is 0 Å². The molecule has 1 aliphatic rings. The fraction of sp³-hybridized carbons (Fsp3) is 0.538. The molecule has 2 N–H and O–H groups in total. The zero-order valence-corrected chi connectivity index (χ0v) is 10.5. The SMILES string of the molecule is C=C(C)CNC(=O)[C@@H]1C[C@H]1C(=O)NCC(=C)C. The summed E-state index contributed by atoms with van der Waals surface area (Å²) in [6, 6.07) is 0. The monoisotopic (exact) mass is 236 g/mol. The van der Waals surface area contributed by atoms with Crippen LogP contribution in [0.25, 0.3) is 0 Å². The first-order valence-corrected chi connectivity index (χ1v) is 5.76. The van der Waals surface area contributed by atoms with Crippen molar-refractivity contribution in [2.75, 3.05) is 13.1 Å². The molecule has 0 saturated heterocycles. The average molecular weight is 236 g/mol. The minimum Gasteiger partial charge on any atom is -0.352 e. The minimum atomic E-state index is -0.167. The third-order valence-electron chi connectivity index (χ3n) is 2.59. The van der Waals surface area contributed by atoms with E-state index in [0.717, 1.165) is 11.1 Å². The number of carbonyl (C=O) groups excluding carboxylic acids is 2. The molecule has 0 heterocycles. The number of amides is 2. The molecule has 2 amide bonds. The van der Waals surface area contributed by atoms with Crippen LogP contribution in [0.5, 0.6) is 0 Å². The predicted molar refractivity (Wildman–Crippen MR) is 67.2 cm³/mol. The van der Waals surface area contributed by atoms with E-state index in [1.54, 1.807) is 0 Å². The van der Waals surface area contributed by atoms with Gasteiger partial charge in [-0.05, 0) is 20.3 Å². The Morgan fingerprint density at radius 2 is 1.35 bits per heavy atom. The normalized spacial score (nSPS) is 21.5. The van der Waals surface area contributed by atoms with E-state index < -0.39 is 0 Å². The Hall–Kier alpha value is -1.58. The van der Waals surface area contributed by atoms with Gasteiger partial charge in [-0.2, -0.15) is 0 Å². The number of nitrogens with one attached hydrogen (secondary N) is 2. The van der Waals surface area contributed by atoms with Crippen molar-refractivity contribution in [3.8, 4) is 0 Å². The summed E-state index contributed by atoms with van der Waals surface area (Å²) < 4.78 is 0. The van der Waals surface area contributed by atoms with Crippen molar-refractivity contribution in [2.24, 2.45) is 11.8 Å². The maximum Gasteiger partial charge on any atom is 0.224 e. The van der Waals surface area contributed by atoms with Crippen molar-refractivity contribution in [3.05, 3.63) is 24.3 Å². The van der Waals surface area contributed by atoms with E-state index in [1.807, 2.05) is 13.8 Å². The number of hydrogen-bond acceptors (Lipinski definition) is 2. The summed E-state index contributed by atoms with van der Waals surface area (Å²) in [5.74, 6) is -0.439. The van der Waals surface area contributed by atoms with E-state index in [0.29, 0.717) is 19.5 Å². The summed E-state index contributed by atoms with van der Waals surface area (Å²) in [5.41, 5.74) is 1.81. The molecule has 94 valence electrons. The third kappa shape index (κ3) is 4.43. The second kappa shape index (κ2) is 5.66. The van der Waals surface area contributed by atoms with Crippen LogP contribution in [-0.4, -0.2) is 24.9 Å². The van der Waals surface area contributed by atoms with Crippen molar-refractivity contribution in [2.45, 2.75) is 20.3 Å². The highest BCUT2D eigenvalue weighted by molar-refractivity contribution is 5.92. The van der Waals surface area contributed by atoms with Crippen LogP contribution in [0.3, 0.4) is 0 Å². The van der Waals surface area contributed by atoms with Gasteiger partial charge in [-0.3, -0.25) is 9.59 Å². The van der Waals surface area contributed by atoms with Gasteiger partial charge in [0.2, 0.25) is 11.8 Å². The van der Waals surface area contributed by atoms with Crippen LogP contribution in [0.2, 0.25) is 0 Å². The lowest BCUT2D eigenvalue weighted by Crippen LogP contribution is -2.31. The quantitative estimate of drug-likeness (QED) is 0.676. The van der Waals surface area contributed by atoms with Gasteiger partial charge in [0.1, 0.15) is 0 Å². The molecule has 0 aliphatic heterocycles. The Labute approximate surface area is 102 Å². The first-order chi connectivity index (χ1) is 7.91. The van der Waals surface area contributed by atoms with E-state index in [1.165, 1.54) is 0 Å². The van der Waals surface area contributed by atoms with Crippen molar-refractivity contribution < 1.29 is 9.59 Å². The second-order valence-corrected chi connectivity index (χ2v) is 4.80. The van der Waals surface area contributed by atoms with Crippen molar-refractivity contribution in [1.29, 1.82) is 0 Å². The first kappa shape index (κ1) is 13.5. The molecular formula is C13H20N2O2. The Bertz CT molecular complexity index is 326. The van der Waals surface area contributed by atoms with Crippen LogP contribution < -0.4 is 10.6 Å². The van der Waals surface area contributed by atoms with Crippen LogP contribution in [0.15, 0.2) is 24.3 Å². The molecule has 2 atom stereocenters. The molecule has 1 saturated carbocycles. The van der Waals surface area contributed by atoms with E-state index in [4.69, 9.17) is 0 Å². The zero-order valence-electron chi connectivity index (χ0n) is 10.5. The van der Waals surface area contributed by atoms with E-state index in [-0.39, 0.29) is 23.7 Å². The topological polar surface area (TPSA) is 58.2 Å². The Kier molecular flexibility index (Phi) is 4.49. The lowest BCUT2D eigenvalue weighted by Gasteiger charge is -2.05. The first-order valence-electron chi connectivity index (χ1n) is 5.76. The van der Waals surface area contributed by atoms with Gasteiger partial charge in [-0.1, -0.05) is 24.3 Å². The molecule has 0 bridgehead atoms. The summed E-state index contributed by atoms with van der Waals surface area (Å²) in [5, 5.41) is 5.52. The molecule has 1 aliphatic carbocycles. The standard InChI is InChI=1S/C13H20N2O2/c1-8(2)6-14-12(16)10-5-11(10)13(17)15-7-9(3)4/h10-11H,1,3,5-7H2,2,4H3,(H,14,16)(H,15,17)/t10-,11-/m1/s1. The Morgan fingerprint density at radius 1 is 1.00 bits per heavy atom. The molecule has 0 aromatic heterocycles. The Balaban J connectivity index is 2.27. The largest absolute Gasteiger partial charge is 0.352 e. The van der Waals surface area contributed by atoms with Gasteiger partial charge in [0.05, 0.1) is 11.8 Å². The van der Waals surface area contributed by atoms with Gasteiger partial charge in [-0.15, -0.1) is 0 Å². The molecule has 1 rings (SSSR count). The number of carbonyl (C=O) groups is 2. The van der Waals surface area contributed by atoms with E-state index >= 15 is 0 Å². The van der Waals surface area contributed by atoms with Crippen LogP contribution in [-0.2, 0) is 9.59 Å². The Morgan fingerprint density at radius 3 is 1.65 bits per heavy atom.